The fraction of sp³-hybridized carbons (Fsp3) is 0.652. The molecule has 0 radical (unpaired) electrons. The van der Waals surface area contributed by atoms with Crippen LogP contribution in [0.5, 0.6) is 0 Å². The van der Waals surface area contributed by atoms with Gasteiger partial charge in [-0.1, -0.05) is 90.0 Å². The summed E-state index contributed by atoms with van der Waals surface area (Å²) in [7, 11) is 0. The minimum Gasteiger partial charge on any atom is -0.260 e. The fourth-order valence-corrected chi connectivity index (χ4v) is 3.39. The Labute approximate surface area is 154 Å². The second-order valence-electron chi connectivity index (χ2n) is 7.50. The number of amidine groups is 1. The Morgan fingerprint density at radius 3 is 2.28 bits per heavy atom. The number of unbranched alkanes of at least 4 members (excludes halogenated alkanes) is 6. The molecule has 1 aromatic carbocycles. The zero-order chi connectivity index (χ0) is 17.9. The van der Waals surface area contributed by atoms with Gasteiger partial charge in [0.05, 0.1) is 6.54 Å². The summed E-state index contributed by atoms with van der Waals surface area (Å²) in [5.41, 5.74) is 3.88. The molecular weight excluding hydrogens is 304 g/mol. The van der Waals surface area contributed by atoms with Crippen LogP contribution in [-0.2, 0) is 6.42 Å². The van der Waals surface area contributed by atoms with Gasteiger partial charge in [-0.2, -0.15) is 0 Å². The van der Waals surface area contributed by atoms with E-state index in [2.05, 4.69) is 50.0 Å². The number of rotatable bonds is 12. The summed E-state index contributed by atoms with van der Waals surface area (Å²) in [6.07, 6.45) is 13.1. The van der Waals surface area contributed by atoms with E-state index in [1.807, 2.05) is 0 Å². The molecule has 2 rings (SSSR count). The van der Waals surface area contributed by atoms with Crippen LogP contribution < -0.4 is 0 Å². The molecule has 1 unspecified atom stereocenters. The van der Waals surface area contributed by atoms with E-state index in [-0.39, 0.29) is 0 Å². The van der Waals surface area contributed by atoms with Crippen LogP contribution in [-0.4, -0.2) is 18.1 Å². The van der Waals surface area contributed by atoms with E-state index in [1.165, 1.54) is 81.0 Å². The lowest BCUT2D eigenvalue weighted by atomic mass is 9.99. The monoisotopic (exact) mass is 340 g/mol. The number of aliphatic imine (C=N–C) groups is 2. The number of nitrogens with zero attached hydrogens (tertiary/aromatic N) is 2. The molecule has 0 saturated carbocycles. The predicted octanol–water partition coefficient (Wildman–Crippen LogP) is 6.62. The Kier molecular flexibility index (Phi) is 8.93. The Hall–Kier alpha value is -1.44. The molecule has 1 aliphatic heterocycles. The summed E-state index contributed by atoms with van der Waals surface area (Å²) < 4.78 is 0. The summed E-state index contributed by atoms with van der Waals surface area (Å²) in [6.45, 7) is 7.60. The van der Waals surface area contributed by atoms with Crippen molar-refractivity contribution in [3.05, 3.63) is 35.4 Å². The number of benzene rings is 1. The van der Waals surface area contributed by atoms with Crippen molar-refractivity contribution in [3.8, 4) is 0 Å². The Bertz CT molecular complexity index is 554. The van der Waals surface area contributed by atoms with Gasteiger partial charge in [0.1, 0.15) is 0 Å². The third-order valence-corrected chi connectivity index (χ3v) is 5.23. The maximum atomic E-state index is 4.81. The molecule has 0 saturated heterocycles. The van der Waals surface area contributed by atoms with Crippen LogP contribution >= 0.6 is 0 Å². The van der Waals surface area contributed by atoms with Crippen LogP contribution in [0.15, 0.2) is 34.3 Å². The van der Waals surface area contributed by atoms with Crippen LogP contribution in [0, 0.1) is 5.92 Å². The molecule has 1 aliphatic rings. The van der Waals surface area contributed by atoms with Crippen molar-refractivity contribution in [2.24, 2.45) is 15.9 Å². The van der Waals surface area contributed by atoms with Gasteiger partial charge in [0.15, 0.2) is 5.84 Å². The van der Waals surface area contributed by atoms with Crippen molar-refractivity contribution in [1.29, 1.82) is 0 Å². The molecular formula is C23H36N2. The maximum absolute atomic E-state index is 4.81. The van der Waals surface area contributed by atoms with E-state index in [4.69, 9.17) is 4.99 Å². The van der Waals surface area contributed by atoms with Crippen molar-refractivity contribution in [2.45, 2.75) is 85.0 Å². The van der Waals surface area contributed by atoms with E-state index >= 15 is 0 Å². The first-order valence-electron chi connectivity index (χ1n) is 10.5. The van der Waals surface area contributed by atoms with Gasteiger partial charge in [-0.15, -0.1) is 0 Å². The lowest BCUT2D eigenvalue weighted by Crippen LogP contribution is -2.12. The average molecular weight is 341 g/mol. The van der Waals surface area contributed by atoms with Gasteiger partial charge in [-0.25, -0.2) is 4.99 Å². The van der Waals surface area contributed by atoms with Gasteiger partial charge in [0, 0.05) is 11.3 Å². The minimum atomic E-state index is 0.563. The second-order valence-corrected chi connectivity index (χ2v) is 7.50. The Balaban J connectivity index is 1.79. The number of hydrogen-bond acceptors (Lipinski definition) is 2. The third kappa shape index (κ3) is 6.76. The third-order valence-electron chi connectivity index (χ3n) is 5.23. The molecule has 2 heteroatoms. The normalized spacial score (nSPS) is 15.2. The van der Waals surface area contributed by atoms with Crippen LogP contribution in [0.3, 0.4) is 0 Å². The second kappa shape index (κ2) is 11.2. The summed E-state index contributed by atoms with van der Waals surface area (Å²) in [5.74, 6) is 1.50. The highest BCUT2D eigenvalue weighted by Crippen LogP contribution is 2.17. The van der Waals surface area contributed by atoms with E-state index in [0.29, 0.717) is 5.92 Å². The lowest BCUT2D eigenvalue weighted by Gasteiger charge is -2.09. The fourth-order valence-electron chi connectivity index (χ4n) is 3.39. The molecule has 2 nitrogen and oxygen atoms in total. The molecule has 0 N–H and O–H groups in total. The van der Waals surface area contributed by atoms with E-state index in [9.17, 15) is 0 Å². The summed E-state index contributed by atoms with van der Waals surface area (Å²) in [5, 5.41) is 0. The van der Waals surface area contributed by atoms with Crippen LogP contribution in [0.25, 0.3) is 0 Å². The van der Waals surface area contributed by atoms with Crippen LogP contribution in [0.4, 0.5) is 0 Å². The SMILES string of the molecule is CCCCCCCCc1ccc(C2=NCC(C(C)CCCC)=N2)cc1. The summed E-state index contributed by atoms with van der Waals surface area (Å²) >= 11 is 0. The largest absolute Gasteiger partial charge is 0.260 e. The van der Waals surface area contributed by atoms with Crippen molar-refractivity contribution in [1.82, 2.24) is 0 Å². The predicted molar refractivity (Wildman–Crippen MR) is 111 cm³/mol. The van der Waals surface area contributed by atoms with Gasteiger partial charge in [0.25, 0.3) is 0 Å². The molecule has 0 fully saturated rings. The smallest absolute Gasteiger partial charge is 0.154 e. The molecule has 1 atom stereocenters. The standard InChI is InChI=1S/C23H36N2/c1-4-6-8-9-10-11-13-20-14-16-21(17-15-20)23-24-18-22(25-23)19(3)12-7-5-2/h14-17,19H,4-13,18H2,1-3H3. The molecule has 0 aromatic heterocycles. The lowest BCUT2D eigenvalue weighted by molar-refractivity contribution is 0.607. The minimum absolute atomic E-state index is 0.563. The van der Waals surface area contributed by atoms with Crippen molar-refractivity contribution in [2.75, 3.05) is 6.54 Å². The highest BCUT2D eigenvalue weighted by molar-refractivity contribution is 6.12. The van der Waals surface area contributed by atoms with Crippen molar-refractivity contribution >= 4 is 11.5 Å². The molecule has 0 spiro atoms. The van der Waals surface area contributed by atoms with Crippen LogP contribution in [0.1, 0.15) is 89.7 Å². The summed E-state index contributed by atoms with van der Waals surface area (Å²) in [4.78, 5) is 9.47. The molecule has 1 aromatic rings. The van der Waals surface area contributed by atoms with Gasteiger partial charge < -0.3 is 0 Å². The van der Waals surface area contributed by atoms with Gasteiger partial charge in [0.2, 0.25) is 0 Å². The van der Waals surface area contributed by atoms with Crippen molar-refractivity contribution < 1.29 is 0 Å². The Morgan fingerprint density at radius 1 is 0.880 bits per heavy atom. The molecule has 25 heavy (non-hydrogen) atoms. The first-order chi connectivity index (χ1) is 12.2. The molecule has 0 aliphatic carbocycles. The topological polar surface area (TPSA) is 24.7 Å². The van der Waals surface area contributed by atoms with E-state index in [0.717, 1.165) is 12.4 Å². The zero-order valence-electron chi connectivity index (χ0n) is 16.6. The number of hydrogen-bond donors (Lipinski definition) is 0. The molecule has 0 bridgehead atoms. The first kappa shape index (κ1) is 19.9. The Morgan fingerprint density at radius 2 is 1.56 bits per heavy atom. The van der Waals surface area contributed by atoms with E-state index in [1.54, 1.807) is 0 Å². The molecule has 0 amide bonds. The first-order valence-corrected chi connectivity index (χ1v) is 10.5. The number of aryl methyl sites for hydroxylation is 1. The highest BCUT2D eigenvalue weighted by atomic mass is 15.0. The van der Waals surface area contributed by atoms with Crippen molar-refractivity contribution in [3.63, 3.8) is 0 Å². The molecule has 138 valence electrons. The highest BCUT2D eigenvalue weighted by Gasteiger charge is 2.17. The van der Waals surface area contributed by atoms with Gasteiger partial charge in [-0.3, -0.25) is 4.99 Å². The molecule has 1 heterocycles. The quantitative estimate of drug-likeness (QED) is 0.382. The zero-order valence-corrected chi connectivity index (χ0v) is 16.6. The maximum Gasteiger partial charge on any atom is 0.154 e. The van der Waals surface area contributed by atoms with Gasteiger partial charge >= 0.3 is 0 Å². The van der Waals surface area contributed by atoms with E-state index < -0.39 is 0 Å². The van der Waals surface area contributed by atoms with Gasteiger partial charge in [-0.05, 0) is 30.7 Å². The average Bonchev–Trinajstić information content (AvgIpc) is 3.13. The van der Waals surface area contributed by atoms with Crippen LogP contribution in [0.2, 0.25) is 0 Å². The summed E-state index contributed by atoms with van der Waals surface area (Å²) in [6, 6.07) is 8.93.